The Hall–Kier alpha value is -0.820. The smallest absolute Gasteiger partial charge is 0.0164 e. The predicted octanol–water partition coefficient (Wildman–Crippen LogP) is 4.52. The van der Waals surface area contributed by atoms with Crippen LogP contribution in [0.1, 0.15) is 51.5 Å². The SMILES string of the molecule is CCN(CC)C(Cc1ccccc1)C1CCCCC1. The number of nitrogens with zero attached hydrogens (tertiary/aromatic N) is 1. The van der Waals surface area contributed by atoms with Crippen molar-refractivity contribution in [3.8, 4) is 0 Å². The summed E-state index contributed by atoms with van der Waals surface area (Å²) in [4.78, 5) is 2.68. The van der Waals surface area contributed by atoms with Gasteiger partial charge >= 0.3 is 0 Å². The van der Waals surface area contributed by atoms with Crippen molar-refractivity contribution >= 4 is 0 Å². The maximum Gasteiger partial charge on any atom is 0.0164 e. The summed E-state index contributed by atoms with van der Waals surface area (Å²) in [6.45, 7) is 6.99. The third kappa shape index (κ3) is 4.07. The van der Waals surface area contributed by atoms with Crippen LogP contribution < -0.4 is 0 Å². The van der Waals surface area contributed by atoms with Crippen LogP contribution in [0, 0.1) is 5.92 Å². The lowest BCUT2D eigenvalue weighted by Gasteiger charge is -2.38. The summed E-state index contributed by atoms with van der Waals surface area (Å²) in [6.07, 6.45) is 8.44. The zero-order valence-corrected chi connectivity index (χ0v) is 12.6. The van der Waals surface area contributed by atoms with Gasteiger partial charge in [-0.15, -0.1) is 0 Å². The van der Waals surface area contributed by atoms with E-state index in [0.29, 0.717) is 0 Å². The first kappa shape index (κ1) is 14.6. The summed E-state index contributed by atoms with van der Waals surface area (Å²) in [7, 11) is 0. The van der Waals surface area contributed by atoms with Gasteiger partial charge in [0.25, 0.3) is 0 Å². The minimum atomic E-state index is 0.748. The van der Waals surface area contributed by atoms with E-state index < -0.39 is 0 Å². The first-order valence-corrected chi connectivity index (χ1v) is 8.13. The van der Waals surface area contributed by atoms with Gasteiger partial charge in [0.05, 0.1) is 0 Å². The topological polar surface area (TPSA) is 3.24 Å². The Morgan fingerprint density at radius 1 is 1.00 bits per heavy atom. The maximum atomic E-state index is 2.68. The van der Waals surface area contributed by atoms with Crippen molar-refractivity contribution in [3.05, 3.63) is 35.9 Å². The number of hydrogen-bond acceptors (Lipinski definition) is 1. The molecule has 1 atom stereocenters. The highest BCUT2D eigenvalue weighted by atomic mass is 15.1. The fraction of sp³-hybridized carbons (Fsp3) is 0.667. The van der Waals surface area contributed by atoms with Gasteiger partial charge in [-0.3, -0.25) is 0 Å². The molecular weight excluding hydrogens is 230 g/mol. The Morgan fingerprint density at radius 3 is 2.21 bits per heavy atom. The molecule has 19 heavy (non-hydrogen) atoms. The summed E-state index contributed by atoms with van der Waals surface area (Å²) in [5, 5.41) is 0. The molecule has 0 saturated heterocycles. The molecule has 0 radical (unpaired) electrons. The molecule has 1 nitrogen and oxygen atoms in total. The summed E-state index contributed by atoms with van der Waals surface area (Å²) in [5.41, 5.74) is 1.50. The lowest BCUT2D eigenvalue weighted by molar-refractivity contribution is 0.127. The van der Waals surface area contributed by atoms with Crippen LogP contribution in [-0.2, 0) is 6.42 Å². The van der Waals surface area contributed by atoms with Crippen molar-refractivity contribution in [1.82, 2.24) is 4.90 Å². The summed E-state index contributed by atoms with van der Waals surface area (Å²) in [6, 6.07) is 11.8. The summed E-state index contributed by atoms with van der Waals surface area (Å²) in [5.74, 6) is 0.911. The Morgan fingerprint density at radius 2 is 1.63 bits per heavy atom. The number of likely N-dealkylation sites (N-methyl/N-ethyl adjacent to an activating group) is 1. The van der Waals surface area contributed by atoms with E-state index in [2.05, 4.69) is 49.1 Å². The summed E-state index contributed by atoms with van der Waals surface area (Å²) >= 11 is 0. The van der Waals surface area contributed by atoms with Gasteiger partial charge in [-0.2, -0.15) is 0 Å². The van der Waals surface area contributed by atoms with Crippen LogP contribution in [0.15, 0.2) is 30.3 Å². The molecule has 1 aromatic carbocycles. The average Bonchev–Trinajstić information content (AvgIpc) is 2.49. The minimum Gasteiger partial charge on any atom is -0.300 e. The molecular formula is C18H29N. The minimum absolute atomic E-state index is 0.748. The van der Waals surface area contributed by atoms with E-state index in [1.54, 1.807) is 0 Å². The second kappa shape index (κ2) is 7.69. The highest BCUT2D eigenvalue weighted by molar-refractivity contribution is 5.16. The zero-order chi connectivity index (χ0) is 13.5. The molecule has 1 saturated carbocycles. The molecule has 0 bridgehead atoms. The molecule has 0 spiro atoms. The van der Waals surface area contributed by atoms with Gasteiger partial charge in [-0.05, 0) is 43.8 Å². The van der Waals surface area contributed by atoms with Crippen LogP contribution in [0.5, 0.6) is 0 Å². The molecule has 0 amide bonds. The van der Waals surface area contributed by atoms with E-state index in [-0.39, 0.29) is 0 Å². The van der Waals surface area contributed by atoms with Crippen molar-refractivity contribution < 1.29 is 0 Å². The second-order valence-corrected chi connectivity index (χ2v) is 5.88. The average molecular weight is 259 g/mol. The van der Waals surface area contributed by atoms with Gasteiger partial charge in [0.1, 0.15) is 0 Å². The third-order valence-corrected chi connectivity index (χ3v) is 4.76. The van der Waals surface area contributed by atoms with Crippen LogP contribution in [0.3, 0.4) is 0 Å². The first-order valence-electron chi connectivity index (χ1n) is 8.13. The van der Waals surface area contributed by atoms with Crippen molar-refractivity contribution in [2.75, 3.05) is 13.1 Å². The Labute approximate surface area is 119 Å². The molecule has 1 aliphatic rings. The Balaban J connectivity index is 2.08. The molecule has 1 unspecified atom stereocenters. The fourth-order valence-corrected chi connectivity index (χ4v) is 3.66. The van der Waals surface area contributed by atoms with Gasteiger partial charge in [-0.1, -0.05) is 63.4 Å². The Bertz CT molecular complexity index is 336. The molecule has 2 rings (SSSR count). The van der Waals surface area contributed by atoms with Crippen LogP contribution >= 0.6 is 0 Å². The zero-order valence-electron chi connectivity index (χ0n) is 12.6. The highest BCUT2D eigenvalue weighted by Crippen LogP contribution is 2.30. The predicted molar refractivity (Wildman–Crippen MR) is 83.4 cm³/mol. The molecule has 1 aliphatic carbocycles. The number of hydrogen-bond donors (Lipinski definition) is 0. The van der Waals surface area contributed by atoms with Crippen molar-refractivity contribution in [3.63, 3.8) is 0 Å². The number of rotatable bonds is 6. The van der Waals surface area contributed by atoms with Crippen LogP contribution in [0.4, 0.5) is 0 Å². The van der Waals surface area contributed by atoms with Crippen LogP contribution in [-0.4, -0.2) is 24.0 Å². The van der Waals surface area contributed by atoms with Gasteiger partial charge in [0.15, 0.2) is 0 Å². The lowest BCUT2D eigenvalue weighted by atomic mass is 9.81. The number of benzene rings is 1. The Kier molecular flexibility index (Phi) is 5.91. The monoisotopic (exact) mass is 259 g/mol. The summed E-state index contributed by atoms with van der Waals surface area (Å²) < 4.78 is 0. The molecule has 0 aliphatic heterocycles. The highest BCUT2D eigenvalue weighted by Gasteiger charge is 2.27. The van der Waals surface area contributed by atoms with Crippen molar-refractivity contribution in [1.29, 1.82) is 0 Å². The first-order chi connectivity index (χ1) is 9.35. The van der Waals surface area contributed by atoms with E-state index in [0.717, 1.165) is 12.0 Å². The molecule has 0 N–H and O–H groups in total. The lowest BCUT2D eigenvalue weighted by Crippen LogP contribution is -2.42. The molecule has 0 aromatic heterocycles. The normalized spacial score (nSPS) is 18.7. The largest absolute Gasteiger partial charge is 0.300 e. The fourth-order valence-electron chi connectivity index (χ4n) is 3.66. The van der Waals surface area contributed by atoms with Crippen molar-refractivity contribution in [2.24, 2.45) is 5.92 Å². The third-order valence-electron chi connectivity index (χ3n) is 4.76. The van der Waals surface area contributed by atoms with E-state index in [4.69, 9.17) is 0 Å². The van der Waals surface area contributed by atoms with Gasteiger partial charge in [0.2, 0.25) is 0 Å². The van der Waals surface area contributed by atoms with E-state index in [9.17, 15) is 0 Å². The maximum absolute atomic E-state index is 2.68. The van der Waals surface area contributed by atoms with Crippen LogP contribution in [0.25, 0.3) is 0 Å². The molecule has 106 valence electrons. The van der Waals surface area contributed by atoms with E-state index in [1.807, 2.05) is 0 Å². The quantitative estimate of drug-likeness (QED) is 0.726. The molecule has 0 heterocycles. The van der Waals surface area contributed by atoms with Gasteiger partial charge < -0.3 is 4.90 Å². The van der Waals surface area contributed by atoms with Crippen LogP contribution in [0.2, 0.25) is 0 Å². The van der Waals surface area contributed by atoms with Crippen molar-refractivity contribution in [2.45, 2.75) is 58.4 Å². The standard InChI is InChI=1S/C18H29N/c1-3-19(4-2)18(17-13-9-6-10-14-17)15-16-11-7-5-8-12-16/h5,7-8,11-12,17-18H,3-4,6,9-10,13-15H2,1-2H3. The van der Waals surface area contributed by atoms with E-state index >= 15 is 0 Å². The van der Waals surface area contributed by atoms with E-state index in [1.165, 1.54) is 57.2 Å². The molecule has 1 fully saturated rings. The van der Waals surface area contributed by atoms with Gasteiger partial charge in [-0.25, -0.2) is 0 Å². The second-order valence-electron chi connectivity index (χ2n) is 5.88. The molecule has 1 aromatic rings. The van der Waals surface area contributed by atoms with Gasteiger partial charge in [0, 0.05) is 6.04 Å². The molecule has 1 heteroatoms.